The highest BCUT2D eigenvalue weighted by molar-refractivity contribution is 5.76. The molecule has 1 aliphatic heterocycles. The summed E-state index contributed by atoms with van der Waals surface area (Å²) in [5.41, 5.74) is 0. The molecule has 1 heterocycles. The summed E-state index contributed by atoms with van der Waals surface area (Å²) >= 11 is 0. The number of aliphatic hydroxyl groups is 5. The van der Waals surface area contributed by atoms with Crippen LogP contribution >= 0.6 is 0 Å². The number of hydrogen-bond acceptors (Lipinski definition) is 10. The van der Waals surface area contributed by atoms with E-state index < -0.39 is 49.5 Å². The van der Waals surface area contributed by atoms with Crippen LogP contribution in [0.5, 0.6) is 0 Å². The van der Waals surface area contributed by atoms with Crippen molar-refractivity contribution < 1.29 is 49.3 Å². The third-order valence-electron chi connectivity index (χ3n) is 13.7. The fraction of sp³-hybridized carbons (Fsp3) is 0.833. The van der Waals surface area contributed by atoms with Crippen LogP contribution in [-0.4, -0.2) is 100 Å². The molecule has 0 bridgehead atoms. The monoisotopic (exact) mass is 1000 g/mol. The lowest BCUT2D eigenvalue weighted by molar-refractivity contribution is -0.302. The summed E-state index contributed by atoms with van der Waals surface area (Å²) in [4.78, 5) is 25.0. The van der Waals surface area contributed by atoms with Crippen LogP contribution in [0.2, 0.25) is 0 Å². The average Bonchev–Trinajstić information content (AvgIpc) is 3.37. The van der Waals surface area contributed by atoms with E-state index in [1.165, 1.54) is 161 Å². The smallest absolute Gasteiger partial charge is 0.305 e. The first-order valence-corrected chi connectivity index (χ1v) is 29.4. The number of ether oxygens (including phenoxy) is 3. The first-order valence-electron chi connectivity index (χ1n) is 29.4. The van der Waals surface area contributed by atoms with Crippen molar-refractivity contribution in [3.05, 3.63) is 48.6 Å². The van der Waals surface area contributed by atoms with E-state index >= 15 is 0 Å². The lowest BCUT2D eigenvalue weighted by Crippen LogP contribution is -2.60. The van der Waals surface area contributed by atoms with Gasteiger partial charge in [-0.1, -0.05) is 217 Å². The highest BCUT2D eigenvalue weighted by atomic mass is 16.7. The second kappa shape index (κ2) is 49.8. The molecule has 7 unspecified atom stereocenters. The van der Waals surface area contributed by atoms with Crippen LogP contribution in [0.15, 0.2) is 48.6 Å². The lowest BCUT2D eigenvalue weighted by Gasteiger charge is -2.40. The zero-order valence-corrected chi connectivity index (χ0v) is 45.4. The maximum absolute atomic E-state index is 13.0. The number of rotatable bonds is 50. The Morgan fingerprint density at radius 3 is 1.46 bits per heavy atom. The van der Waals surface area contributed by atoms with Crippen molar-refractivity contribution >= 4 is 11.9 Å². The second-order valence-electron chi connectivity index (χ2n) is 20.3. The van der Waals surface area contributed by atoms with Gasteiger partial charge in [-0.15, -0.1) is 0 Å². The van der Waals surface area contributed by atoms with Gasteiger partial charge in [-0.2, -0.15) is 0 Å². The van der Waals surface area contributed by atoms with Gasteiger partial charge < -0.3 is 45.1 Å². The predicted octanol–water partition coefficient (Wildman–Crippen LogP) is 13.3. The molecule has 0 aromatic carbocycles. The summed E-state index contributed by atoms with van der Waals surface area (Å²) in [6.07, 6.45) is 52.2. The van der Waals surface area contributed by atoms with Gasteiger partial charge in [0, 0.05) is 12.8 Å². The van der Waals surface area contributed by atoms with Gasteiger partial charge in [-0.25, -0.2) is 0 Å². The van der Waals surface area contributed by atoms with Crippen LogP contribution in [0, 0.1) is 0 Å². The van der Waals surface area contributed by atoms with Crippen LogP contribution in [0.1, 0.15) is 258 Å². The number of aliphatic hydroxyl groups excluding tert-OH is 5. The maximum atomic E-state index is 13.0. The molecule has 11 nitrogen and oxygen atoms in total. The summed E-state index contributed by atoms with van der Waals surface area (Å²) in [6, 6.07) is -0.813. The number of carbonyl (C=O) groups is 2. The average molecular weight is 1000 g/mol. The van der Waals surface area contributed by atoms with Crippen molar-refractivity contribution in [1.82, 2.24) is 5.32 Å². The molecule has 1 fully saturated rings. The van der Waals surface area contributed by atoms with Crippen LogP contribution < -0.4 is 5.32 Å². The molecule has 0 aromatic rings. The van der Waals surface area contributed by atoms with E-state index in [2.05, 4.69) is 55.6 Å². The quantitative estimate of drug-likeness (QED) is 0.0195. The number of unbranched alkanes of at least 4 members (excludes halogenated alkanes) is 30. The highest BCUT2D eigenvalue weighted by Crippen LogP contribution is 2.23. The van der Waals surface area contributed by atoms with Gasteiger partial charge in [0.1, 0.15) is 24.4 Å². The van der Waals surface area contributed by atoms with Gasteiger partial charge in [0.2, 0.25) is 5.91 Å². The molecular formula is C60H109NO10. The van der Waals surface area contributed by atoms with E-state index in [1.807, 2.05) is 6.08 Å². The summed E-state index contributed by atoms with van der Waals surface area (Å²) in [5, 5.41) is 54.2. The van der Waals surface area contributed by atoms with E-state index in [9.17, 15) is 35.1 Å². The van der Waals surface area contributed by atoms with E-state index in [1.54, 1.807) is 6.08 Å². The minimum Gasteiger partial charge on any atom is -0.465 e. The molecule has 0 aliphatic carbocycles. The third kappa shape index (κ3) is 39.7. The maximum Gasteiger partial charge on any atom is 0.305 e. The number of nitrogens with one attached hydrogen (secondary N) is 1. The number of carbonyl (C=O) groups excluding carboxylic acids is 2. The minimum atomic E-state index is -1.57. The predicted molar refractivity (Wildman–Crippen MR) is 292 cm³/mol. The van der Waals surface area contributed by atoms with E-state index in [4.69, 9.17) is 14.2 Å². The SMILES string of the molecule is CCCCC/C=C\CCCCCCCC(=O)OCC/C=C\C/C=C\CCCCCCCCCCCCCCCCC(=O)NC(COC1OC(CO)C(O)C(O)C1O)C(O)/C=C/CCCCCCCCCC. The number of allylic oxidation sites excluding steroid dienone is 6. The molecule has 1 aliphatic rings. The van der Waals surface area contributed by atoms with E-state index in [0.717, 1.165) is 70.6 Å². The molecule has 0 spiro atoms. The molecule has 0 saturated carbocycles. The van der Waals surface area contributed by atoms with Crippen molar-refractivity contribution in [1.29, 1.82) is 0 Å². The molecule has 1 amide bonds. The van der Waals surface area contributed by atoms with Crippen LogP contribution in [-0.2, 0) is 23.8 Å². The molecule has 1 saturated heterocycles. The van der Waals surface area contributed by atoms with Gasteiger partial charge in [-0.3, -0.25) is 9.59 Å². The highest BCUT2D eigenvalue weighted by Gasteiger charge is 2.44. The van der Waals surface area contributed by atoms with E-state index in [0.29, 0.717) is 19.4 Å². The van der Waals surface area contributed by atoms with Crippen molar-refractivity contribution in [2.45, 2.75) is 301 Å². The largest absolute Gasteiger partial charge is 0.465 e. The Hall–Kier alpha value is -2.38. The summed E-state index contributed by atoms with van der Waals surface area (Å²) < 4.78 is 16.6. The standard InChI is InChI=1S/C60H109NO10/c1-3-5-7-9-11-13-15-28-32-36-40-44-48-56(65)69-49-45-41-37-33-29-26-24-22-20-18-16-17-19-21-23-25-27-31-35-39-43-47-55(64)61-52(51-70-60-59(68)58(67)57(66)54(50-62)71-60)53(63)46-42-38-34-30-14-12-10-8-6-4-2/h11,13,26,29,37,41-42,46,52-54,57-60,62-63,66-68H,3-10,12,14-25,27-28,30-36,38-40,43-45,47-51H2,1-2H3,(H,61,64)/b13-11-,29-26-,41-37-,46-42+. The van der Waals surface area contributed by atoms with Gasteiger partial charge in [0.25, 0.3) is 0 Å². The first-order chi connectivity index (χ1) is 34.7. The number of esters is 1. The molecule has 414 valence electrons. The number of hydrogen-bond donors (Lipinski definition) is 6. The summed E-state index contributed by atoms with van der Waals surface area (Å²) in [6.45, 7) is 4.18. The summed E-state index contributed by atoms with van der Waals surface area (Å²) in [5.74, 6) is -0.248. The van der Waals surface area contributed by atoms with Crippen molar-refractivity contribution in [3.8, 4) is 0 Å². The summed E-state index contributed by atoms with van der Waals surface area (Å²) in [7, 11) is 0. The zero-order valence-electron chi connectivity index (χ0n) is 45.4. The normalized spacial score (nSPS) is 19.5. The van der Waals surface area contributed by atoms with Crippen LogP contribution in [0.25, 0.3) is 0 Å². The molecule has 71 heavy (non-hydrogen) atoms. The molecule has 0 radical (unpaired) electrons. The van der Waals surface area contributed by atoms with Gasteiger partial charge in [0.15, 0.2) is 6.29 Å². The Labute approximate surface area is 434 Å². The van der Waals surface area contributed by atoms with Crippen LogP contribution in [0.4, 0.5) is 0 Å². The fourth-order valence-corrected chi connectivity index (χ4v) is 8.97. The Bertz CT molecular complexity index is 1320. The molecular weight excluding hydrogens is 895 g/mol. The molecule has 7 atom stereocenters. The van der Waals surface area contributed by atoms with Crippen LogP contribution in [0.3, 0.4) is 0 Å². The van der Waals surface area contributed by atoms with Crippen molar-refractivity contribution in [2.75, 3.05) is 19.8 Å². The Morgan fingerprint density at radius 1 is 0.521 bits per heavy atom. The van der Waals surface area contributed by atoms with E-state index in [-0.39, 0.29) is 18.5 Å². The topological polar surface area (TPSA) is 175 Å². The Balaban J connectivity index is 2.07. The fourth-order valence-electron chi connectivity index (χ4n) is 8.97. The van der Waals surface area contributed by atoms with Gasteiger partial charge >= 0.3 is 5.97 Å². The van der Waals surface area contributed by atoms with Crippen molar-refractivity contribution in [2.24, 2.45) is 0 Å². The molecule has 11 heteroatoms. The number of amides is 1. The van der Waals surface area contributed by atoms with Gasteiger partial charge in [0.05, 0.1) is 32.0 Å². The Kier molecular flexibility index (Phi) is 46.7. The van der Waals surface area contributed by atoms with Gasteiger partial charge in [-0.05, 0) is 77.0 Å². The molecule has 6 N–H and O–H groups in total. The Morgan fingerprint density at radius 2 is 0.944 bits per heavy atom. The van der Waals surface area contributed by atoms with Crippen molar-refractivity contribution in [3.63, 3.8) is 0 Å². The third-order valence-corrected chi connectivity index (χ3v) is 13.7. The minimum absolute atomic E-state index is 0.0591. The molecule has 1 rings (SSSR count). The first kappa shape index (κ1) is 66.6. The molecule has 0 aromatic heterocycles. The second-order valence-corrected chi connectivity index (χ2v) is 20.3. The lowest BCUT2D eigenvalue weighted by atomic mass is 9.99. The zero-order chi connectivity index (χ0) is 51.7.